The average molecular weight is 269 g/mol. The molecular formula is C10H15N5O4. The zero-order valence-electron chi connectivity index (χ0n) is 10.9. The van der Waals surface area contributed by atoms with Crippen LogP contribution in [0.15, 0.2) is 12.7 Å². The van der Waals surface area contributed by atoms with Crippen LogP contribution in [0.5, 0.6) is 0 Å². The van der Waals surface area contributed by atoms with E-state index in [-0.39, 0.29) is 18.4 Å². The normalized spacial score (nSPS) is 10.1. The Kier molecular flexibility index (Phi) is 4.98. The molecule has 0 unspecified atom stereocenters. The number of methoxy groups -OCH3 is 1. The molecule has 0 radical (unpaired) electrons. The summed E-state index contributed by atoms with van der Waals surface area (Å²) >= 11 is 0. The van der Waals surface area contributed by atoms with Crippen LogP contribution in [0.2, 0.25) is 0 Å². The number of amides is 1. The van der Waals surface area contributed by atoms with Crippen molar-refractivity contribution in [2.24, 2.45) is 5.92 Å². The lowest BCUT2D eigenvalue weighted by Crippen LogP contribution is -2.45. The van der Waals surface area contributed by atoms with Crippen LogP contribution in [0.3, 0.4) is 0 Å². The molecule has 0 aliphatic heterocycles. The molecular weight excluding hydrogens is 254 g/mol. The molecule has 0 fully saturated rings. The maximum Gasteiger partial charge on any atom is 0.430 e. The maximum atomic E-state index is 11.5. The topological polar surface area (TPSA) is 110 Å². The van der Waals surface area contributed by atoms with Crippen molar-refractivity contribution in [2.45, 2.75) is 13.8 Å². The molecule has 1 aromatic rings. The number of hydrogen-bond donors (Lipinski definition) is 1. The Balaban J connectivity index is 2.71. The first-order valence-corrected chi connectivity index (χ1v) is 5.45. The Morgan fingerprint density at radius 2 is 2.16 bits per heavy atom. The number of ether oxygens (including phenoxy) is 2. The van der Waals surface area contributed by atoms with Gasteiger partial charge >= 0.3 is 12.1 Å². The van der Waals surface area contributed by atoms with Gasteiger partial charge in [0.15, 0.2) is 0 Å². The monoisotopic (exact) mass is 269 g/mol. The van der Waals surface area contributed by atoms with Gasteiger partial charge in [0, 0.05) is 0 Å². The van der Waals surface area contributed by atoms with Crippen molar-refractivity contribution >= 4 is 18.0 Å². The molecule has 9 heteroatoms. The Labute approximate surface area is 109 Å². The van der Waals surface area contributed by atoms with E-state index in [0.29, 0.717) is 0 Å². The molecule has 1 aromatic heterocycles. The van der Waals surface area contributed by atoms with Crippen LogP contribution in [-0.4, -0.2) is 46.5 Å². The van der Waals surface area contributed by atoms with Crippen LogP contribution in [0.25, 0.3) is 0 Å². The van der Waals surface area contributed by atoms with Gasteiger partial charge in [-0.15, -0.1) is 5.10 Å². The van der Waals surface area contributed by atoms with Crippen LogP contribution >= 0.6 is 0 Å². The van der Waals surface area contributed by atoms with Crippen molar-refractivity contribution in [3.05, 3.63) is 12.7 Å². The smallest absolute Gasteiger partial charge is 0.430 e. The highest BCUT2D eigenvalue weighted by Gasteiger charge is 2.21. The summed E-state index contributed by atoms with van der Waals surface area (Å²) in [7, 11) is 1.19. The zero-order chi connectivity index (χ0) is 14.4. The fourth-order valence-electron chi connectivity index (χ4n) is 1.06. The van der Waals surface area contributed by atoms with Gasteiger partial charge in [-0.05, 0) is 0 Å². The van der Waals surface area contributed by atoms with Crippen molar-refractivity contribution in [1.29, 1.82) is 5.41 Å². The fourth-order valence-corrected chi connectivity index (χ4v) is 1.06. The average Bonchev–Trinajstić information content (AvgIpc) is 2.88. The number of rotatable bonds is 4. The molecule has 0 bridgehead atoms. The minimum atomic E-state index is -0.754. The van der Waals surface area contributed by atoms with Gasteiger partial charge in [0.2, 0.25) is 5.90 Å². The number of hydrogen-bond acceptors (Lipinski definition) is 7. The highest BCUT2D eigenvalue weighted by atomic mass is 16.6. The largest absolute Gasteiger partial charge is 0.451 e. The van der Waals surface area contributed by atoms with Gasteiger partial charge in [-0.25, -0.2) is 9.78 Å². The van der Waals surface area contributed by atoms with E-state index in [4.69, 9.17) is 10.1 Å². The summed E-state index contributed by atoms with van der Waals surface area (Å²) in [5, 5.41) is 12.3. The number of aromatic nitrogens is 3. The van der Waals surface area contributed by atoms with Crippen LogP contribution < -0.4 is 5.01 Å². The van der Waals surface area contributed by atoms with Crippen molar-refractivity contribution in [3.63, 3.8) is 0 Å². The van der Waals surface area contributed by atoms with Gasteiger partial charge in [0.25, 0.3) is 0 Å². The zero-order valence-corrected chi connectivity index (χ0v) is 10.9. The molecule has 104 valence electrons. The summed E-state index contributed by atoms with van der Waals surface area (Å²) < 4.78 is 9.32. The first-order chi connectivity index (χ1) is 8.95. The molecule has 9 nitrogen and oxygen atoms in total. The highest BCUT2D eigenvalue weighted by Crippen LogP contribution is 1.99. The second kappa shape index (κ2) is 6.47. The molecule has 0 aliphatic rings. The van der Waals surface area contributed by atoms with Gasteiger partial charge in [0.1, 0.15) is 19.2 Å². The quantitative estimate of drug-likeness (QED) is 0.473. The molecule has 19 heavy (non-hydrogen) atoms. The molecule has 0 aliphatic carbocycles. The van der Waals surface area contributed by atoms with Crippen LogP contribution in [0.1, 0.15) is 13.8 Å². The fraction of sp³-hybridized carbons (Fsp3) is 0.500. The second-order valence-corrected chi connectivity index (χ2v) is 3.84. The standard InChI is InChI=1S/C10H15N5O4/c1-7(2)9(16)19-8(11)4-14(10(17)18-3)15-6-12-5-13-15/h5-7,11H,4H2,1-3H3. The summed E-state index contributed by atoms with van der Waals surface area (Å²) in [5.74, 6) is -1.30. The third-order valence-electron chi connectivity index (χ3n) is 2.03. The van der Waals surface area contributed by atoms with E-state index in [1.807, 2.05) is 0 Å². The van der Waals surface area contributed by atoms with E-state index < -0.39 is 12.1 Å². The Morgan fingerprint density at radius 1 is 1.47 bits per heavy atom. The predicted molar refractivity (Wildman–Crippen MR) is 64.2 cm³/mol. The third-order valence-corrected chi connectivity index (χ3v) is 2.03. The lowest BCUT2D eigenvalue weighted by Gasteiger charge is -2.20. The van der Waals surface area contributed by atoms with Crippen molar-refractivity contribution in [3.8, 4) is 0 Å². The summed E-state index contributed by atoms with van der Waals surface area (Å²) in [5.41, 5.74) is 0. The highest BCUT2D eigenvalue weighted by molar-refractivity contribution is 5.93. The lowest BCUT2D eigenvalue weighted by molar-refractivity contribution is -0.139. The van der Waals surface area contributed by atoms with Gasteiger partial charge in [0.05, 0.1) is 13.0 Å². The van der Waals surface area contributed by atoms with Gasteiger partial charge in [-0.2, -0.15) is 9.80 Å². The minimum absolute atomic E-state index is 0.297. The van der Waals surface area contributed by atoms with Crippen LogP contribution in [0.4, 0.5) is 4.79 Å². The number of esters is 1. The van der Waals surface area contributed by atoms with Crippen LogP contribution in [0, 0.1) is 11.3 Å². The predicted octanol–water partition coefficient (Wildman–Crippen LogP) is 0.159. The maximum absolute atomic E-state index is 11.5. The number of carbonyl (C=O) groups excluding carboxylic acids is 2. The first kappa shape index (κ1) is 14.6. The molecule has 1 rings (SSSR count). The molecule has 0 atom stereocenters. The molecule has 0 spiro atoms. The van der Waals surface area contributed by atoms with E-state index in [1.165, 1.54) is 19.8 Å². The number of nitrogens with zero attached hydrogens (tertiary/aromatic N) is 4. The van der Waals surface area contributed by atoms with Gasteiger partial charge in [-0.1, -0.05) is 13.8 Å². The molecule has 1 N–H and O–H groups in total. The summed E-state index contributed by atoms with van der Waals surface area (Å²) in [6, 6.07) is 0. The van der Waals surface area contributed by atoms with E-state index in [0.717, 1.165) is 9.80 Å². The molecule has 1 heterocycles. The third kappa shape index (κ3) is 4.05. The number of carbonyl (C=O) groups is 2. The van der Waals surface area contributed by atoms with E-state index >= 15 is 0 Å². The first-order valence-electron chi connectivity index (χ1n) is 5.45. The number of nitrogens with one attached hydrogen (secondary N) is 1. The summed E-state index contributed by atoms with van der Waals surface area (Å²) in [6.45, 7) is 2.99. The minimum Gasteiger partial charge on any atom is -0.451 e. The summed E-state index contributed by atoms with van der Waals surface area (Å²) in [6.07, 6.45) is 1.73. The van der Waals surface area contributed by atoms with Gasteiger partial charge in [-0.3, -0.25) is 10.2 Å². The molecule has 1 amide bonds. The van der Waals surface area contributed by atoms with E-state index in [2.05, 4.69) is 14.8 Å². The summed E-state index contributed by atoms with van der Waals surface area (Å²) in [4.78, 5) is 27.6. The van der Waals surface area contributed by atoms with Gasteiger partial charge < -0.3 is 9.47 Å². The van der Waals surface area contributed by atoms with Crippen molar-refractivity contribution in [1.82, 2.24) is 14.9 Å². The van der Waals surface area contributed by atoms with Crippen LogP contribution in [-0.2, 0) is 14.3 Å². The molecule has 0 aromatic carbocycles. The Morgan fingerprint density at radius 3 is 2.63 bits per heavy atom. The Bertz CT molecular complexity index is 456. The van der Waals surface area contributed by atoms with E-state index in [1.54, 1.807) is 13.8 Å². The van der Waals surface area contributed by atoms with E-state index in [9.17, 15) is 9.59 Å². The Hall–Kier alpha value is -2.45. The van der Waals surface area contributed by atoms with Crippen molar-refractivity contribution in [2.75, 3.05) is 18.7 Å². The SMILES string of the molecule is COC(=O)N(CC(=N)OC(=O)C(C)C)n1cncn1. The lowest BCUT2D eigenvalue weighted by atomic mass is 10.2. The van der Waals surface area contributed by atoms with Crippen molar-refractivity contribution < 1.29 is 19.1 Å². The second-order valence-electron chi connectivity index (χ2n) is 3.84. The molecule has 0 saturated carbocycles. The molecule has 0 saturated heterocycles.